The Labute approximate surface area is 170 Å². The standard InChI is InChI=1S/C22H19FN4O3/c1-13-3-9-16(10-4-13)27-21(29)19-18(25-22(27)30)17(12-26(19)2)20(28)24-11-14-5-7-15(23)8-6-14/h3-10,12H,11H2,1-2H3,(H,24,28)(H,25,30). The summed E-state index contributed by atoms with van der Waals surface area (Å²) in [6.45, 7) is 2.09. The van der Waals surface area contributed by atoms with Crippen molar-refractivity contribution in [2.75, 3.05) is 0 Å². The molecule has 0 aliphatic carbocycles. The molecule has 2 aromatic carbocycles. The zero-order valence-electron chi connectivity index (χ0n) is 16.4. The molecule has 0 spiro atoms. The molecular weight excluding hydrogens is 387 g/mol. The van der Waals surface area contributed by atoms with Gasteiger partial charge in [-0.3, -0.25) is 9.59 Å². The van der Waals surface area contributed by atoms with Gasteiger partial charge < -0.3 is 14.9 Å². The molecule has 152 valence electrons. The molecule has 0 saturated carbocycles. The summed E-state index contributed by atoms with van der Waals surface area (Å²) in [6, 6.07) is 12.8. The third-order valence-electron chi connectivity index (χ3n) is 4.93. The van der Waals surface area contributed by atoms with Crippen molar-refractivity contribution in [1.82, 2.24) is 19.4 Å². The summed E-state index contributed by atoms with van der Waals surface area (Å²) in [4.78, 5) is 41.1. The highest BCUT2D eigenvalue weighted by molar-refractivity contribution is 6.05. The van der Waals surface area contributed by atoms with Crippen molar-refractivity contribution in [1.29, 1.82) is 0 Å². The number of carbonyl (C=O) groups is 1. The number of carbonyl (C=O) groups excluding carboxylic acids is 1. The van der Waals surface area contributed by atoms with Crippen LogP contribution in [0.4, 0.5) is 4.39 Å². The fraction of sp³-hybridized carbons (Fsp3) is 0.136. The van der Waals surface area contributed by atoms with Gasteiger partial charge in [-0.15, -0.1) is 0 Å². The lowest BCUT2D eigenvalue weighted by atomic mass is 10.2. The van der Waals surface area contributed by atoms with E-state index in [-0.39, 0.29) is 29.0 Å². The number of aryl methyl sites for hydroxylation is 2. The second-order valence-electron chi connectivity index (χ2n) is 7.09. The van der Waals surface area contributed by atoms with E-state index >= 15 is 0 Å². The molecule has 8 heteroatoms. The maximum absolute atomic E-state index is 13.1. The summed E-state index contributed by atoms with van der Waals surface area (Å²) in [5.74, 6) is -0.811. The zero-order chi connectivity index (χ0) is 21.4. The smallest absolute Gasteiger partial charge is 0.333 e. The molecule has 0 aliphatic heterocycles. The van der Waals surface area contributed by atoms with Crippen LogP contribution < -0.4 is 16.6 Å². The van der Waals surface area contributed by atoms with Gasteiger partial charge in [0.25, 0.3) is 11.5 Å². The summed E-state index contributed by atoms with van der Waals surface area (Å²) in [7, 11) is 1.64. The van der Waals surface area contributed by atoms with E-state index in [9.17, 15) is 18.8 Å². The minimum absolute atomic E-state index is 0.174. The van der Waals surface area contributed by atoms with Gasteiger partial charge in [0.1, 0.15) is 11.3 Å². The number of aromatic nitrogens is 3. The number of benzene rings is 2. The minimum Gasteiger partial charge on any atom is -0.348 e. The number of rotatable bonds is 4. The normalized spacial score (nSPS) is 11.0. The average molecular weight is 406 g/mol. The van der Waals surface area contributed by atoms with Gasteiger partial charge in [-0.1, -0.05) is 29.8 Å². The largest absolute Gasteiger partial charge is 0.348 e. The Morgan fingerprint density at radius 2 is 1.73 bits per heavy atom. The lowest BCUT2D eigenvalue weighted by Crippen LogP contribution is -2.34. The Morgan fingerprint density at radius 3 is 2.40 bits per heavy atom. The van der Waals surface area contributed by atoms with Crippen molar-refractivity contribution < 1.29 is 9.18 Å². The van der Waals surface area contributed by atoms with Crippen molar-refractivity contribution >= 4 is 16.9 Å². The van der Waals surface area contributed by atoms with Crippen LogP contribution >= 0.6 is 0 Å². The first-order valence-corrected chi connectivity index (χ1v) is 9.29. The van der Waals surface area contributed by atoms with Crippen LogP contribution in [-0.2, 0) is 13.6 Å². The van der Waals surface area contributed by atoms with Crippen LogP contribution in [-0.4, -0.2) is 20.0 Å². The summed E-state index contributed by atoms with van der Waals surface area (Å²) in [6.07, 6.45) is 1.50. The van der Waals surface area contributed by atoms with Crippen LogP contribution in [0.25, 0.3) is 16.7 Å². The minimum atomic E-state index is -0.630. The van der Waals surface area contributed by atoms with Gasteiger partial charge in [-0.25, -0.2) is 13.8 Å². The third-order valence-corrected chi connectivity index (χ3v) is 4.93. The van der Waals surface area contributed by atoms with E-state index in [2.05, 4.69) is 10.3 Å². The molecular formula is C22H19FN4O3. The van der Waals surface area contributed by atoms with Gasteiger partial charge in [0.15, 0.2) is 0 Å². The Hall–Kier alpha value is -3.94. The molecule has 0 atom stereocenters. The number of nitrogens with one attached hydrogen (secondary N) is 2. The van der Waals surface area contributed by atoms with Gasteiger partial charge >= 0.3 is 5.69 Å². The maximum Gasteiger partial charge on any atom is 0.333 e. The summed E-state index contributed by atoms with van der Waals surface area (Å²) in [5, 5.41) is 2.73. The van der Waals surface area contributed by atoms with E-state index in [1.165, 1.54) is 22.9 Å². The Balaban J connectivity index is 1.73. The van der Waals surface area contributed by atoms with Gasteiger partial charge in [0, 0.05) is 19.8 Å². The summed E-state index contributed by atoms with van der Waals surface area (Å²) in [5.41, 5.74) is 1.59. The van der Waals surface area contributed by atoms with Crippen molar-refractivity contribution in [3.63, 3.8) is 0 Å². The van der Waals surface area contributed by atoms with E-state index in [0.717, 1.165) is 15.7 Å². The second-order valence-corrected chi connectivity index (χ2v) is 7.09. The number of aromatic amines is 1. The lowest BCUT2D eigenvalue weighted by Gasteiger charge is -2.07. The first-order valence-electron chi connectivity index (χ1n) is 9.29. The van der Waals surface area contributed by atoms with Crippen LogP contribution in [0.2, 0.25) is 0 Å². The topological polar surface area (TPSA) is 88.9 Å². The average Bonchev–Trinajstić information content (AvgIpc) is 3.05. The van der Waals surface area contributed by atoms with Crippen molar-refractivity contribution in [2.45, 2.75) is 13.5 Å². The van der Waals surface area contributed by atoms with Gasteiger partial charge in [-0.2, -0.15) is 0 Å². The van der Waals surface area contributed by atoms with Gasteiger partial charge in [0.05, 0.1) is 16.8 Å². The van der Waals surface area contributed by atoms with E-state index in [4.69, 9.17) is 0 Å². The van der Waals surface area contributed by atoms with E-state index < -0.39 is 17.2 Å². The molecule has 2 heterocycles. The number of hydrogen-bond donors (Lipinski definition) is 2. The van der Waals surface area contributed by atoms with Crippen LogP contribution in [0.1, 0.15) is 21.5 Å². The molecule has 4 aromatic rings. The summed E-state index contributed by atoms with van der Waals surface area (Å²) < 4.78 is 15.6. The van der Waals surface area contributed by atoms with Crippen LogP contribution in [0.3, 0.4) is 0 Å². The van der Waals surface area contributed by atoms with Crippen molar-refractivity contribution in [3.05, 3.63) is 98.1 Å². The third kappa shape index (κ3) is 3.43. The molecule has 0 fully saturated rings. The fourth-order valence-electron chi connectivity index (χ4n) is 3.35. The molecule has 0 saturated heterocycles. The van der Waals surface area contributed by atoms with E-state index in [1.807, 2.05) is 19.1 Å². The number of hydrogen-bond acceptors (Lipinski definition) is 3. The molecule has 0 aliphatic rings. The van der Waals surface area contributed by atoms with Crippen LogP contribution in [0.5, 0.6) is 0 Å². The lowest BCUT2D eigenvalue weighted by molar-refractivity contribution is 0.0952. The van der Waals surface area contributed by atoms with E-state index in [0.29, 0.717) is 5.69 Å². The number of amides is 1. The monoisotopic (exact) mass is 406 g/mol. The van der Waals surface area contributed by atoms with Gasteiger partial charge in [0.2, 0.25) is 0 Å². The molecule has 2 N–H and O–H groups in total. The predicted molar refractivity (Wildman–Crippen MR) is 111 cm³/mol. The fourth-order valence-corrected chi connectivity index (χ4v) is 3.35. The van der Waals surface area contributed by atoms with Gasteiger partial charge in [-0.05, 0) is 36.8 Å². The van der Waals surface area contributed by atoms with Crippen LogP contribution in [0, 0.1) is 12.7 Å². The number of fused-ring (bicyclic) bond motifs is 1. The van der Waals surface area contributed by atoms with Crippen LogP contribution in [0.15, 0.2) is 64.3 Å². The number of halogens is 1. The Kier molecular flexibility index (Phi) is 4.83. The second kappa shape index (κ2) is 7.47. The molecule has 1 amide bonds. The quantitative estimate of drug-likeness (QED) is 0.545. The Bertz CT molecular complexity index is 1360. The highest BCUT2D eigenvalue weighted by Crippen LogP contribution is 2.15. The molecule has 2 aromatic heterocycles. The Morgan fingerprint density at radius 1 is 1.07 bits per heavy atom. The zero-order valence-corrected chi connectivity index (χ0v) is 16.4. The van der Waals surface area contributed by atoms with Crippen molar-refractivity contribution in [2.24, 2.45) is 7.05 Å². The predicted octanol–water partition coefficient (Wildman–Crippen LogP) is 2.40. The summed E-state index contributed by atoms with van der Waals surface area (Å²) >= 11 is 0. The molecule has 30 heavy (non-hydrogen) atoms. The first kappa shape index (κ1) is 19.4. The number of H-pyrrole nitrogens is 1. The number of nitrogens with zero attached hydrogens (tertiary/aromatic N) is 2. The molecule has 4 rings (SSSR count). The SMILES string of the molecule is Cc1ccc(-n2c(=O)[nH]c3c(C(=O)NCc4ccc(F)cc4)cn(C)c3c2=O)cc1. The molecule has 0 bridgehead atoms. The highest BCUT2D eigenvalue weighted by atomic mass is 19.1. The van der Waals surface area contributed by atoms with E-state index in [1.54, 1.807) is 31.3 Å². The molecule has 7 nitrogen and oxygen atoms in total. The molecule has 0 unspecified atom stereocenters. The maximum atomic E-state index is 13.1. The highest BCUT2D eigenvalue weighted by Gasteiger charge is 2.20. The first-order chi connectivity index (χ1) is 14.3. The van der Waals surface area contributed by atoms with Crippen molar-refractivity contribution in [3.8, 4) is 5.69 Å². The molecule has 0 radical (unpaired) electrons.